The van der Waals surface area contributed by atoms with Crippen molar-refractivity contribution in [2.24, 2.45) is 11.8 Å². The predicted molar refractivity (Wildman–Crippen MR) is 74.2 cm³/mol. The van der Waals surface area contributed by atoms with Crippen LogP contribution >= 0.6 is 0 Å². The molecule has 2 rings (SSSR count). The lowest BCUT2D eigenvalue weighted by atomic mass is 9.83. The first-order valence-corrected chi connectivity index (χ1v) is 7.00. The number of nitrogens with two attached hydrogens (primary N) is 1. The number of carbonyl (C=O) groups excluding carboxylic acids is 1. The van der Waals surface area contributed by atoms with E-state index in [1.54, 1.807) is 0 Å². The van der Waals surface area contributed by atoms with Gasteiger partial charge < -0.3 is 11.1 Å². The van der Waals surface area contributed by atoms with Gasteiger partial charge in [0.1, 0.15) is 11.6 Å². The van der Waals surface area contributed by atoms with Crippen molar-refractivity contribution in [3.8, 4) is 0 Å². The highest BCUT2D eigenvalue weighted by atomic mass is 19.1. The van der Waals surface area contributed by atoms with Crippen LogP contribution in [0, 0.1) is 23.5 Å². The molecule has 3 nitrogen and oxygen atoms in total. The van der Waals surface area contributed by atoms with Crippen LogP contribution in [0.25, 0.3) is 0 Å². The van der Waals surface area contributed by atoms with E-state index in [-0.39, 0.29) is 11.3 Å². The van der Waals surface area contributed by atoms with Gasteiger partial charge in [0.05, 0.1) is 11.3 Å². The molecule has 110 valence electrons. The van der Waals surface area contributed by atoms with Crippen molar-refractivity contribution in [1.29, 1.82) is 0 Å². The van der Waals surface area contributed by atoms with Gasteiger partial charge in [-0.1, -0.05) is 19.8 Å². The van der Waals surface area contributed by atoms with Gasteiger partial charge in [-0.3, -0.25) is 4.79 Å². The molecule has 0 radical (unpaired) electrons. The fourth-order valence-electron chi connectivity index (χ4n) is 2.61. The van der Waals surface area contributed by atoms with Gasteiger partial charge in [-0.2, -0.15) is 0 Å². The number of nitrogen functional groups attached to an aromatic ring is 1. The SMILES string of the molecule is CC1CCC(CNC(=O)c2cc(N)c(F)cc2F)CC1. The number of rotatable bonds is 3. The minimum atomic E-state index is -0.883. The quantitative estimate of drug-likeness (QED) is 0.837. The maximum atomic E-state index is 13.5. The fraction of sp³-hybridized carbons (Fsp3) is 0.533. The summed E-state index contributed by atoms with van der Waals surface area (Å²) in [7, 11) is 0. The molecular weight excluding hydrogens is 262 g/mol. The molecule has 0 heterocycles. The van der Waals surface area contributed by atoms with E-state index in [2.05, 4.69) is 12.2 Å². The van der Waals surface area contributed by atoms with E-state index in [4.69, 9.17) is 5.73 Å². The van der Waals surface area contributed by atoms with Crippen LogP contribution in [-0.4, -0.2) is 12.5 Å². The number of hydrogen-bond donors (Lipinski definition) is 2. The highest BCUT2D eigenvalue weighted by molar-refractivity contribution is 5.95. The molecule has 0 aliphatic heterocycles. The van der Waals surface area contributed by atoms with Crippen molar-refractivity contribution < 1.29 is 13.6 Å². The van der Waals surface area contributed by atoms with Crippen LogP contribution in [0.3, 0.4) is 0 Å². The Hall–Kier alpha value is -1.65. The molecule has 5 heteroatoms. The van der Waals surface area contributed by atoms with Crippen LogP contribution in [0.15, 0.2) is 12.1 Å². The molecule has 1 aromatic rings. The third kappa shape index (κ3) is 3.46. The van der Waals surface area contributed by atoms with Crippen molar-refractivity contribution in [3.05, 3.63) is 29.3 Å². The second-order valence-electron chi connectivity index (χ2n) is 5.69. The first-order valence-electron chi connectivity index (χ1n) is 7.00. The minimum absolute atomic E-state index is 0.201. The van der Waals surface area contributed by atoms with E-state index >= 15 is 0 Å². The molecule has 1 aliphatic carbocycles. The molecule has 0 aromatic heterocycles. The summed E-state index contributed by atoms with van der Waals surface area (Å²) in [6.45, 7) is 2.76. The van der Waals surface area contributed by atoms with Gasteiger partial charge in [0.2, 0.25) is 0 Å². The highest BCUT2D eigenvalue weighted by Crippen LogP contribution is 2.27. The topological polar surface area (TPSA) is 55.1 Å². The maximum Gasteiger partial charge on any atom is 0.254 e. The molecule has 0 unspecified atom stereocenters. The molecule has 20 heavy (non-hydrogen) atoms. The highest BCUT2D eigenvalue weighted by Gasteiger charge is 2.20. The Kier molecular flexibility index (Phi) is 4.57. The first kappa shape index (κ1) is 14.8. The van der Waals surface area contributed by atoms with E-state index in [1.807, 2.05) is 0 Å². The van der Waals surface area contributed by atoms with Gasteiger partial charge in [-0.25, -0.2) is 8.78 Å². The Bertz CT molecular complexity index is 497. The number of benzene rings is 1. The van der Waals surface area contributed by atoms with Gasteiger partial charge in [-0.15, -0.1) is 0 Å². The molecule has 0 saturated heterocycles. The Morgan fingerprint density at radius 3 is 2.55 bits per heavy atom. The molecule has 1 amide bonds. The molecule has 1 saturated carbocycles. The lowest BCUT2D eigenvalue weighted by Gasteiger charge is -2.26. The zero-order valence-electron chi connectivity index (χ0n) is 11.6. The predicted octanol–water partition coefficient (Wildman–Crippen LogP) is 3.10. The number of carbonyl (C=O) groups is 1. The smallest absolute Gasteiger partial charge is 0.254 e. The lowest BCUT2D eigenvalue weighted by molar-refractivity contribution is 0.0938. The van der Waals surface area contributed by atoms with Crippen LogP contribution in [-0.2, 0) is 0 Å². The minimum Gasteiger partial charge on any atom is -0.396 e. The van der Waals surface area contributed by atoms with E-state index in [0.29, 0.717) is 18.5 Å². The summed E-state index contributed by atoms with van der Waals surface area (Å²) < 4.78 is 26.6. The molecule has 3 N–H and O–H groups in total. The van der Waals surface area contributed by atoms with Crippen LogP contribution in [0.4, 0.5) is 14.5 Å². The molecule has 0 bridgehead atoms. The summed E-state index contributed by atoms with van der Waals surface area (Å²) in [5.74, 6) is -1.08. The van der Waals surface area contributed by atoms with Crippen LogP contribution in [0.5, 0.6) is 0 Å². The van der Waals surface area contributed by atoms with Crippen molar-refractivity contribution in [1.82, 2.24) is 5.32 Å². The Morgan fingerprint density at radius 1 is 1.25 bits per heavy atom. The van der Waals surface area contributed by atoms with E-state index in [1.165, 1.54) is 12.8 Å². The molecule has 1 aliphatic rings. The first-order chi connectivity index (χ1) is 9.47. The summed E-state index contributed by atoms with van der Waals surface area (Å²) in [6.07, 6.45) is 4.49. The monoisotopic (exact) mass is 282 g/mol. The number of halogens is 2. The summed E-state index contributed by atoms with van der Waals surface area (Å²) in [6, 6.07) is 1.69. The fourth-order valence-corrected chi connectivity index (χ4v) is 2.61. The summed E-state index contributed by atoms with van der Waals surface area (Å²) in [4.78, 5) is 11.9. The number of amides is 1. The van der Waals surface area contributed by atoms with Gasteiger partial charge in [0.25, 0.3) is 5.91 Å². The zero-order valence-corrected chi connectivity index (χ0v) is 11.6. The van der Waals surface area contributed by atoms with Crippen LogP contribution < -0.4 is 11.1 Å². The second kappa shape index (κ2) is 6.20. The third-order valence-corrected chi connectivity index (χ3v) is 4.02. The lowest BCUT2D eigenvalue weighted by Crippen LogP contribution is -2.31. The van der Waals surface area contributed by atoms with Gasteiger partial charge in [0.15, 0.2) is 0 Å². The van der Waals surface area contributed by atoms with Gasteiger partial charge in [0, 0.05) is 12.6 Å². The zero-order chi connectivity index (χ0) is 14.7. The normalized spacial score (nSPS) is 22.6. The van der Waals surface area contributed by atoms with Crippen LogP contribution in [0.2, 0.25) is 0 Å². The standard InChI is InChI=1S/C15H20F2N2O/c1-9-2-4-10(5-3-9)8-19-15(20)11-6-14(18)13(17)7-12(11)16/h6-7,9-10H,2-5,8,18H2,1H3,(H,19,20). The van der Waals surface area contributed by atoms with Crippen LogP contribution in [0.1, 0.15) is 43.0 Å². The summed E-state index contributed by atoms with van der Waals surface area (Å²) in [5.41, 5.74) is 4.94. The summed E-state index contributed by atoms with van der Waals surface area (Å²) in [5, 5.41) is 2.71. The largest absolute Gasteiger partial charge is 0.396 e. The van der Waals surface area contributed by atoms with Crippen molar-refractivity contribution in [2.75, 3.05) is 12.3 Å². The third-order valence-electron chi connectivity index (χ3n) is 4.02. The average Bonchev–Trinajstić information content (AvgIpc) is 2.42. The average molecular weight is 282 g/mol. The van der Waals surface area contributed by atoms with Crippen molar-refractivity contribution >= 4 is 11.6 Å². The molecule has 0 atom stereocenters. The van der Waals surface area contributed by atoms with Crippen molar-refractivity contribution in [3.63, 3.8) is 0 Å². The maximum absolute atomic E-state index is 13.5. The number of anilines is 1. The Morgan fingerprint density at radius 2 is 1.90 bits per heavy atom. The van der Waals surface area contributed by atoms with E-state index < -0.39 is 17.5 Å². The van der Waals surface area contributed by atoms with Gasteiger partial charge in [-0.05, 0) is 30.7 Å². The second-order valence-corrected chi connectivity index (χ2v) is 5.69. The molecule has 0 spiro atoms. The number of nitrogens with one attached hydrogen (secondary N) is 1. The van der Waals surface area contributed by atoms with E-state index in [9.17, 15) is 13.6 Å². The van der Waals surface area contributed by atoms with Gasteiger partial charge >= 0.3 is 0 Å². The van der Waals surface area contributed by atoms with Crippen molar-refractivity contribution in [2.45, 2.75) is 32.6 Å². The van der Waals surface area contributed by atoms with E-state index in [0.717, 1.165) is 24.8 Å². The molecule has 1 fully saturated rings. The Labute approximate surface area is 117 Å². The number of hydrogen-bond acceptors (Lipinski definition) is 2. The Balaban J connectivity index is 1.93. The molecule has 1 aromatic carbocycles. The molecular formula is C15H20F2N2O. The summed E-state index contributed by atoms with van der Waals surface area (Å²) >= 11 is 0.